The van der Waals surface area contributed by atoms with Crippen molar-refractivity contribution in [1.29, 1.82) is 0 Å². The first-order valence-corrected chi connectivity index (χ1v) is 34.9. The third-order valence-electron chi connectivity index (χ3n) is 23.7. The monoisotopic (exact) mass is 1230 g/mol. The van der Waals surface area contributed by atoms with Gasteiger partial charge in [-0.15, -0.1) is 0 Å². The largest absolute Gasteiger partial charge is 0.390 e. The maximum atomic E-state index is 12.8. The smallest absolute Gasteiger partial charge is 0.315 e. The number of morpholine rings is 1. The van der Waals surface area contributed by atoms with Gasteiger partial charge in [0.05, 0.1) is 75.1 Å². The number of ether oxygens (including phenoxy) is 7. The van der Waals surface area contributed by atoms with Gasteiger partial charge in [0.2, 0.25) is 11.8 Å². The Morgan fingerprint density at radius 3 is 2.33 bits per heavy atom. The number of carbonyl (C=O) groups is 3. The molecule has 9 fully saturated rings. The highest BCUT2D eigenvalue weighted by atomic mass is 32.2. The van der Waals surface area contributed by atoms with Gasteiger partial charge < -0.3 is 69.5 Å². The number of amides is 4. The van der Waals surface area contributed by atoms with Crippen LogP contribution in [0.4, 0.5) is 4.79 Å². The molecule has 5 aliphatic carbocycles. The first-order chi connectivity index (χ1) is 41.1. The summed E-state index contributed by atoms with van der Waals surface area (Å²) >= 11 is 1.91. The Morgan fingerprint density at radius 1 is 0.872 bits per heavy atom. The summed E-state index contributed by atoms with van der Waals surface area (Å²) in [5.74, 6) is 2.67. The van der Waals surface area contributed by atoms with Crippen LogP contribution in [0, 0.1) is 50.7 Å². The van der Waals surface area contributed by atoms with Gasteiger partial charge in [0.15, 0.2) is 12.0 Å². The molecule has 4 saturated heterocycles. The molecule has 0 bridgehead atoms. The van der Waals surface area contributed by atoms with Crippen molar-refractivity contribution in [3.05, 3.63) is 0 Å². The van der Waals surface area contributed by atoms with Crippen LogP contribution in [-0.2, 0) is 42.7 Å². The topological polar surface area (TPSA) is 236 Å². The van der Waals surface area contributed by atoms with Crippen molar-refractivity contribution in [2.45, 2.75) is 230 Å². The Labute approximate surface area is 518 Å². The van der Waals surface area contributed by atoms with Crippen molar-refractivity contribution in [2.75, 3.05) is 111 Å². The van der Waals surface area contributed by atoms with E-state index in [0.29, 0.717) is 108 Å². The van der Waals surface area contributed by atoms with Crippen LogP contribution in [-0.4, -0.2) is 214 Å². The van der Waals surface area contributed by atoms with Crippen LogP contribution >= 0.6 is 11.8 Å². The molecule has 0 aromatic heterocycles. The third-order valence-corrected chi connectivity index (χ3v) is 25.2. The second kappa shape index (κ2) is 27.9. The number of urea groups is 1. The van der Waals surface area contributed by atoms with E-state index in [2.05, 4.69) is 75.9 Å². The van der Waals surface area contributed by atoms with E-state index in [-0.39, 0.29) is 93.2 Å². The Hall–Kier alpha value is -2.28. The van der Waals surface area contributed by atoms with E-state index in [1.807, 2.05) is 39.5 Å². The molecule has 5 heterocycles. The summed E-state index contributed by atoms with van der Waals surface area (Å²) in [5, 5.41) is 44.8. The number of unbranched alkanes of at least 4 members (excludes halogenated alkanes) is 1. The van der Waals surface area contributed by atoms with E-state index < -0.39 is 17.8 Å². The van der Waals surface area contributed by atoms with E-state index in [4.69, 9.17) is 33.2 Å². The maximum absolute atomic E-state index is 12.8. The SMILES string of the molecule is CCO[C@@H]([C@H]1C[C@@H](C)[C@H]2[C@H](O1)[C@H](O)[C@@]1(C)[C@@H]3CC[C@H]4C(C)(C)C(O[C@H]5CN(CCN(CCCOCCOCCOCCCNC(=O)CCCCC6SC[C@@H]7NC(=O)N[C@H]67)CCNC(=O)CCC6(C)N=N6)CCO5)CC[C@@]45CC35CC[C@]21C)C(C)(C)O. The summed E-state index contributed by atoms with van der Waals surface area (Å²) in [6.07, 6.45) is 13.2. The first-order valence-electron chi connectivity index (χ1n) is 33.9. The standard InChI is InChI=1S/C65H112N8O12S/c1-10-82-57(60(5,6)78)45-39-43(2)53-55(84-45)56(76)63(9)48-18-17-47-59(3,4)49(19-22-64(47)42-65(48,64)24-23-61(53,63)7)85-52-40-73(31-34-83-52)30-29-72(28-26-67-51(75)20-21-62(8)70-71-62)27-14-33-80-36-38-81-37-35-79-32-13-25-66-50(74)16-12-11-15-46-54-44(41-86-46)68-58(77)69-54/h43-49,52-57,76,78H,10-42H2,1-9H3,(H,66,74)(H,67,75)(H2,68,69,77)/t43-,44+,45-,46?,47+,48+,49?,52+,53+,54+,55+,56+,57+,61-,63-,64-,65?/m1/s1. The number of carbonyl (C=O) groups excluding carboxylic acids is 3. The molecule has 20 nitrogen and oxygen atoms in total. The van der Waals surface area contributed by atoms with Crippen LogP contribution in [0.15, 0.2) is 10.2 Å². The molecule has 0 aromatic rings. The Kier molecular flexibility index (Phi) is 21.6. The van der Waals surface area contributed by atoms with Crippen LogP contribution in [0.3, 0.4) is 0 Å². The molecular formula is C65H112N8O12S. The van der Waals surface area contributed by atoms with E-state index in [9.17, 15) is 24.6 Å². The van der Waals surface area contributed by atoms with Crippen molar-refractivity contribution < 1.29 is 57.8 Å². The molecule has 490 valence electrons. The molecular weight excluding hydrogens is 1120 g/mol. The van der Waals surface area contributed by atoms with Gasteiger partial charge in [-0.25, -0.2) is 4.79 Å². The number of hydrogen-bond acceptors (Lipinski definition) is 17. The van der Waals surface area contributed by atoms with E-state index in [0.717, 1.165) is 109 Å². The quantitative estimate of drug-likeness (QED) is 0.0279. The minimum absolute atomic E-state index is 0.0251. The molecule has 10 aliphatic rings. The average molecular weight is 1230 g/mol. The third kappa shape index (κ3) is 14.2. The fourth-order valence-corrected chi connectivity index (χ4v) is 20.7. The van der Waals surface area contributed by atoms with Gasteiger partial charge in [-0.2, -0.15) is 22.0 Å². The van der Waals surface area contributed by atoms with Gasteiger partial charge in [-0.1, -0.05) is 41.0 Å². The number of thioether (sulfide) groups is 1. The van der Waals surface area contributed by atoms with Crippen LogP contribution in [0.2, 0.25) is 0 Å². The van der Waals surface area contributed by atoms with Crippen LogP contribution in [0.25, 0.3) is 0 Å². The van der Waals surface area contributed by atoms with E-state index in [1.54, 1.807) is 0 Å². The molecule has 3 unspecified atom stereocenters. The lowest BCUT2D eigenvalue weighted by Gasteiger charge is -2.64. The summed E-state index contributed by atoms with van der Waals surface area (Å²) in [4.78, 5) is 41.6. The molecule has 2 spiro atoms. The lowest BCUT2D eigenvalue weighted by molar-refractivity contribution is -0.249. The van der Waals surface area contributed by atoms with Crippen molar-refractivity contribution in [2.24, 2.45) is 61.0 Å². The molecule has 10 rings (SSSR count). The zero-order valence-corrected chi connectivity index (χ0v) is 54.8. The molecule has 4 amide bonds. The lowest BCUT2D eigenvalue weighted by Crippen LogP contribution is -2.60. The molecule has 0 radical (unpaired) electrons. The second-order valence-corrected chi connectivity index (χ2v) is 31.0. The molecule has 5 saturated carbocycles. The Morgan fingerprint density at radius 2 is 1.58 bits per heavy atom. The number of fused-ring (bicyclic) bond motifs is 5. The number of nitrogens with one attached hydrogen (secondary N) is 4. The normalized spacial score (nSPS) is 38.4. The molecule has 0 aromatic carbocycles. The van der Waals surface area contributed by atoms with Gasteiger partial charge in [-0.3, -0.25) is 14.5 Å². The van der Waals surface area contributed by atoms with E-state index in [1.165, 1.54) is 19.3 Å². The van der Waals surface area contributed by atoms with Gasteiger partial charge in [0, 0.05) is 108 Å². The van der Waals surface area contributed by atoms with Gasteiger partial charge in [0.25, 0.3) is 0 Å². The molecule has 86 heavy (non-hydrogen) atoms. The summed E-state index contributed by atoms with van der Waals surface area (Å²) in [6, 6.07) is 0.392. The molecule has 17 atom stereocenters. The minimum atomic E-state index is -1.05. The van der Waals surface area contributed by atoms with Crippen molar-refractivity contribution in [1.82, 2.24) is 31.1 Å². The van der Waals surface area contributed by atoms with Crippen molar-refractivity contribution in [3.8, 4) is 0 Å². The fourth-order valence-electron chi connectivity index (χ4n) is 19.1. The van der Waals surface area contributed by atoms with Crippen molar-refractivity contribution in [3.63, 3.8) is 0 Å². The summed E-state index contributed by atoms with van der Waals surface area (Å²) in [6.45, 7) is 30.2. The highest BCUT2D eigenvalue weighted by molar-refractivity contribution is 8.00. The number of nitrogens with zero attached hydrogens (tertiary/aromatic N) is 4. The predicted octanol–water partition coefficient (Wildman–Crippen LogP) is 7.07. The van der Waals surface area contributed by atoms with Crippen LogP contribution in [0.1, 0.15) is 165 Å². The maximum Gasteiger partial charge on any atom is 0.315 e. The predicted molar refractivity (Wildman–Crippen MR) is 329 cm³/mol. The molecule has 6 N–H and O–H groups in total. The van der Waals surface area contributed by atoms with E-state index >= 15 is 0 Å². The zero-order valence-electron chi connectivity index (χ0n) is 54.0. The summed E-state index contributed by atoms with van der Waals surface area (Å²) in [5.41, 5.74) is -1.26. The van der Waals surface area contributed by atoms with Gasteiger partial charge in [-0.05, 0) is 150 Å². The highest BCUT2D eigenvalue weighted by Gasteiger charge is 2.85. The van der Waals surface area contributed by atoms with Gasteiger partial charge in [0.1, 0.15) is 6.10 Å². The Bertz CT molecular complexity index is 2310. The zero-order chi connectivity index (χ0) is 61.1. The minimum Gasteiger partial charge on any atom is -0.390 e. The number of rotatable bonds is 34. The average Bonchev–Trinajstić information content (AvgIpc) is 1.46. The first kappa shape index (κ1) is 66.6. The number of aliphatic hydroxyl groups excluding tert-OH is 1. The van der Waals surface area contributed by atoms with Gasteiger partial charge >= 0.3 is 6.03 Å². The summed E-state index contributed by atoms with van der Waals surface area (Å²) in [7, 11) is 0. The fraction of sp³-hybridized carbons (Fsp3) is 0.954. The van der Waals surface area contributed by atoms with Crippen molar-refractivity contribution >= 4 is 29.6 Å². The number of hydrogen-bond donors (Lipinski definition) is 6. The second-order valence-electron chi connectivity index (χ2n) is 29.7. The molecule has 21 heteroatoms. The van der Waals surface area contributed by atoms with Crippen LogP contribution in [0.5, 0.6) is 0 Å². The molecule has 5 aliphatic heterocycles. The summed E-state index contributed by atoms with van der Waals surface area (Å²) < 4.78 is 44.3. The Balaban J connectivity index is 0.626. The van der Waals surface area contributed by atoms with Crippen LogP contribution < -0.4 is 21.3 Å². The number of aliphatic hydroxyl groups is 2. The lowest BCUT2D eigenvalue weighted by atomic mass is 9.41. The highest BCUT2D eigenvalue weighted by Crippen LogP contribution is 2.89.